The zero-order valence-corrected chi connectivity index (χ0v) is 15.6. The van der Waals surface area contributed by atoms with Crippen LogP contribution in [-0.4, -0.2) is 0 Å². The van der Waals surface area contributed by atoms with Gasteiger partial charge in [0.15, 0.2) is 0 Å². The molecule has 19 heavy (non-hydrogen) atoms. The van der Waals surface area contributed by atoms with E-state index in [9.17, 15) is 0 Å². The zero-order chi connectivity index (χ0) is 14.2. The van der Waals surface area contributed by atoms with Crippen molar-refractivity contribution in [2.45, 2.75) is 13.0 Å². The maximum Gasteiger partial charge on any atom is 0.0564 e. The first kappa shape index (κ1) is 15.5. The number of aryl methyl sites for hydroxylation is 1. The monoisotopic (exact) mass is 465 g/mol. The Labute approximate surface area is 142 Å². The molecule has 0 heterocycles. The third kappa shape index (κ3) is 3.61. The molecule has 0 aliphatic rings. The lowest BCUT2D eigenvalue weighted by Crippen LogP contribution is -2.13. The summed E-state index contributed by atoms with van der Waals surface area (Å²) in [5, 5.41) is 0.669. The molecule has 0 aliphatic carbocycles. The lowest BCUT2D eigenvalue weighted by atomic mass is 9.99. The van der Waals surface area contributed by atoms with E-state index in [1.807, 2.05) is 31.2 Å². The van der Waals surface area contributed by atoms with Crippen molar-refractivity contribution in [3.05, 3.63) is 65.5 Å². The molecular formula is C14H11Br3ClN. The molecule has 5 heteroatoms. The summed E-state index contributed by atoms with van der Waals surface area (Å²) in [5.74, 6) is 0. The van der Waals surface area contributed by atoms with Crippen molar-refractivity contribution in [3.63, 3.8) is 0 Å². The lowest BCUT2D eigenvalue weighted by molar-refractivity contribution is 0.863. The van der Waals surface area contributed by atoms with Gasteiger partial charge in [-0.15, -0.1) is 0 Å². The van der Waals surface area contributed by atoms with Gasteiger partial charge in [-0.3, -0.25) is 0 Å². The summed E-state index contributed by atoms with van der Waals surface area (Å²) >= 11 is 16.6. The van der Waals surface area contributed by atoms with Crippen molar-refractivity contribution in [2.24, 2.45) is 5.73 Å². The van der Waals surface area contributed by atoms with E-state index < -0.39 is 0 Å². The van der Waals surface area contributed by atoms with E-state index in [0.717, 1.165) is 30.1 Å². The first-order chi connectivity index (χ1) is 8.88. The molecule has 0 fully saturated rings. The topological polar surface area (TPSA) is 26.0 Å². The number of rotatable bonds is 2. The predicted molar refractivity (Wildman–Crippen MR) is 91.8 cm³/mol. The summed E-state index contributed by atoms with van der Waals surface area (Å²) in [6.07, 6.45) is 0. The van der Waals surface area contributed by atoms with Crippen LogP contribution in [0.5, 0.6) is 0 Å². The standard InChI is InChI=1S/C14H11Br3ClN/c1-7-2-13(17)11(6-12(7)16)14(19)8-3-9(15)5-10(18)4-8/h2-6,14H,19H2,1H3. The van der Waals surface area contributed by atoms with Gasteiger partial charge in [-0.1, -0.05) is 59.4 Å². The highest BCUT2D eigenvalue weighted by molar-refractivity contribution is 9.11. The second-order valence-electron chi connectivity index (χ2n) is 4.30. The van der Waals surface area contributed by atoms with E-state index in [1.54, 1.807) is 0 Å². The summed E-state index contributed by atoms with van der Waals surface area (Å²) in [7, 11) is 0. The average molecular weight is 468 g/mol. The third-order valence-corrected chi connectivity index (χ3v) is 5.07. The minimum atomic E-state index is -0.235. The molecule has 0 saturated carbocycles. The maximum absolute atomic E-state index is 6.34. The molecule has 1 nitrogen and oxygen atoms in total. The Balaban J connectivity index is 2.49. The van der Waals surface area contributed by atoms with Gasteiger partial charge < -0.3 is 5.73 Å². The summed E-state index contributed by atoms with van der Waals surface area (Å²) in [6, 6.07) is 9.57. The van der Waals surface area contributed by atoms with Gasteiger partial charge in [-0.25, -0.2) is 0 Å². The predicted octanol–water partition coefficient (Wildman–Crippen LogP) is 5.98. The fourth-order valence-corrected chi connectivity index (χ4v) is 3.79. The van der Waals surface area contributed by atoms with Crippen LogP contribution in [0.2, 0.25) is 5.02 Å². The second kappa shape index (κ2) is 6.27. The Morgan fingerprint density at radius 2 is 1.68 bits per heavy atom. The van der Waals surface area contributed by atoms with Crippen LogP contribution in [0.15, 0.2) is 43.7 Å². The summed E-state index contributed by atoms with van der Waals surface area (Å²) in [5.41, 5.74) is 9.49. The van der Waals surface area contributed by atoms with Crippen LogP contribution < -0.4 is 5.73 Å². The third-order valence-electron chi connectivity index (χ3n) is 2.86. The fraction of sp³-hybridized carbons (Fsp3) is 0.143. The van der Waals surface area contributed by atoms with Crippen LogP contribution in [0.3, 0.4) is 0 Å². The Morgan fingerprint density at radius 1 is 1.00 bits per heavy atom. The molecule has 2 aromatic carbocycles. The van der Waals surface area contributed by atoms with Crippen LogP contribution in [0.4, 0.5) is 0 Å². The van der Waals surface area contributed by atoms with Crippen molar-refractivity contribution < 1.29 is 0 Å². The van der Waals surface area contributed by atoms with Gasteiger partial charge in [0.25, 0.3) is 0 Å². The SMILES string of the molecule is Cc1cc(Br)c(C(N)c2cc(Cl)cc(Br)c2)cc1Br. The van der Waals surface area contributed by atoms with Crippen molar-refractivity contribution in [1.82, 2.24) is 0 Å². The van der Waals surface area contributed by atoms with E-state index in [0.29, 0.717) is 5.02 Å². The van der Waals surface area contributed by atoms with E-state index in [4.69, 9.17) is 17.3 Å². The Bertz CT molecular complexity index is 608. The number of hydrogen-bond acceptors (Lipinski definition) is 1. The Hall–Kier alpha value is 0.130. The number of hydrogen-bond donors (Lipinski definition) is 1. The molecule has 0 saturated heterocycles. The van der Waals surface area contributed by atoms with Crippen LogP contribution in [0.1, 0.15) is 22.7 Å². The van der Waals surface area contributed by atoms with Gasteiger partial charge in [-0.05, 0) is 53.9 Å². The van der Waals surface area contributed by atoms with Gasteiger partial charge in [-0.2, -0.15) is 0 Å². The molecule has 0 spiro atoms. The first-order valence-electron chi connectivity index (χ1n) is 5.55. The molecule has 0 amide bonds. The highest BCUT2D eigenvalue weighted by Gasteiger charge is 2.15. The molecular weight excluding hydrogens is 457 g/mol. The van der Waals surface area contributed by atoms with Crippen LogP contribution >= 0.6 is 59.4 Å². The zero-order valence-electron chi connectivity index (χ0n) is 10.1. The van der Waals surface area contributed by atoms with E-state index in [2.05, 4.69) is 53.9 Å². The molecule has 2 N–H and O–H groups in total. The van der Waals surface area contributed by atoms with Crippen LogP contribution in [0.25, 0.3) is 0 Å². The molecule has 0 bridgehead atoms. The normalized spacial score (nSPS) is 12.5. The average Bonchev–Trinajstić information content (AvgIpc) is 2.31. The summed E-state index contributed by atoms with van der Waals surface area (Å²) in [6.45, 7) is 2.04. The highest BCUT2D eigenvalue weighted by atomic mass is 79.9. The van der Waals surface area contributed by atoms with Crippen LogP contribution in [0, 0.1) is 6.92 Å². The van der Waals surface area contributed by atoms with Gasteiger partial charge in [0.1, 0.15) is 0 Å². The van der Waals surface area contributed by atoms with Gasteiger partial charge in [0, 0.05) is 18.4 Å². The quantitative estimate of drug-likeness (QED) is 0.576. The molecule has 1 atom stereocenters. The molecule has 0 aliphatic heterocycles. The second-order valence-corrected chi connectivity index (χ2v) is 7.36. The van der Waals surface area contributed by atoms with Crippen molar-refractivity contribution in [1.29, 1.82) is 0 Å². The maximum atomic E-state index is 6.34. The fourth-order valence-electron chi connectivity index (χ4n) is 1.83. The lowest BCUT2D eigenvalue weighted by Gasteiger charge is -2.16. The largest absolute Gasteiger partial charge is 0.320 e. The molecule has 100 valence electrons. The van der Waals surface area contributed by atoms with E-state index in [-0.39, 0.29) is 6.04 Å². The summed E-state index contributed by atoms with van der Waals surface area (Å²) in [4.78, 5) is 0. The number of nitrogens with two attached hydrogens (primary N) is 1. The smallest absolute Gasteiger partial charge is 0.0564 e. The van der Waals surface area contributed by atoms with E-state index >= 15 is 0 Å². The van der Waals surface area contributed by atoms with Crippen LogP contribution in [-0.2, 0) is 0 Å². The number of halogens is 4. The van der Waals surface area contributed by atoms with Crippen molar-refractivity contribution in [2.75, 3.05) is 0 Å². The minimum absolute atomic E-state index is 0.235. The number of benzene rings is 2. The molecule has 0 aromatic heterocycles. The van der Waals surface area contributed by atoms with Crippen molar-refractivity contribution >= 4 is 59.4 Å². The van der Waals surface area contributed by atoms with E-state index in [1.165, 1.54) is 0 Å². The molecule has 2 rings (SSSR count). The minimum Gasteiger partial charge on any atom is -0.320 e. The highest BCUT2D eigenvalue weighted by Crippen LogP contribution is 2.33. The Kier molecular flexibility index (Phi) is 5.12. The van der Waals surface area contributed by atoms with Gasteiger partial charge >= 0.3 is 0 Å². The van der Waals surface area contributed by atoms with Crippen molar-refractivity contribution in [3.8, 4) is 0 Å². The molecule has 1 unspecified atom stereocenters. The Morgan fingerprint density at radius 3 is 2.32 bits per heavy atom. The van der Waals surface area contributed by atoms with Gasteiger partial charge in [0.05, 0.1) is 6.04 Å². The molecule has 2 aromatic rings. The summed E-state index contributed by atoms with van der Waals surface area (Å²) < 4.78 is 2.96. The van der Waals surface area contributed by atoms with Gasteiger partial charge in [0.2, 0.25) is 0 Å². The first-order valence-corrected chi connectivity index (χ1v) is 8.31. The molecule has 0 radical (unpaired) electrons.